The maximum Gasteiger partial charge on any atom is 0.321 e. The van der Waals surface area contributed by atoms with Crippen LogP contribution in [0.1, 0.15) is 7.12 Å². The van der Waals surface area contributed by atoms with Crippen LogP contribution >= 0.6 is 0 Å². The van der Waals surface area contributed by atoms with Gasteiger partial charge in [-0.1, -0.05) is 0 Å². The third kappa shape index (κ3) is 2.58. The molecule has 1 aromatic rings. The molecule has 0 spiro atoms. The van der Waals surface area contributed by atoms with Crippen LogP contribution in [0.5, 0.6) is 0 Å². The fourth-order valence-corrected chi connectivity index (χ4v) is 0.808. The zero-order valence-corrected chi connectivity index (χ0v) is 7.34. The van der Waals surface area contributed by atoms with Crippen LogP contribution in [0.3, 0.4) is 0 Å². The SMILES string of the molecule is CNC(=O)Nc1nc(C)cc(=O)[nH]1.[HH]. The Balaban J connectivity index is 0.00000169. The third-order valence-electron chi connectivity index (χ3n) is 1.33. The van der Waals surface area contributed by atoms with Crippen molar-refractivity contribution < 1.29 is 6.22 Å². The predicted molar refractivity (Wildman–Crippen MR) is 49.8 cm³/mol. The molecule has 0 aliphatic carbocycles. The maximum absolute atomic E-state index is 10.9. The number of nitrogens with zero attached hydrogens (tertiary/aromatic N) is 1. The summed E-state index contributed by atoms with van der Waals surface area (Å²) in [5, 5.41) is 4.70. The molecule has 3 N–H and O–H groups in total. The van der Waals surface area contributed by atoms with E-state index in [4.69, 9.17) is 0 Å². The Kier molecular flexibility index (Phi) is 2.63. The van der Waals surface area contributed by atoms with Crippen LogP contribution in [0.25, 0.3) is 0 Å². The standard InChI is InChI=1S/C7H10N4O2.H2/c1-4-3-5(12)10-6(9-4)11-7(13)8-2;/h3H,1-2H3,(H3,8,9,10,11,12,13);1H. The van der Waals surface area contributed by atoms with Gasteiger partial charge in [0.15, 0.2) is 0 Å². The molecule has 1 rings (SSSR count). The van der Waals surface area contributed by atoms with Gasteiger partial charge < -0.3 is 5.32 Å². The van der Waals surface area contributed by atoms with E-state index in [-0.39, 0.29) is 12.9 Å². The van der Waals surface area contributed by atoms with Crippen molar-refractivity contribution >= 4 is 12.0 Å². The minimum Gasteiger partial charge on any atom is -0.341 e. The maximum atomic E-state index is 10.9. The van der Waals surface area contributed by atoms with Crippen LogP contribution in [-0.2, 0) is 0 Å². The molecule has 0 bridgehead atoms. The van der Waals surface area contributed by atoms with Crippen molar-refractivity contribution in [3.63, 3.8) is 0 Å². The number of anilines is 1. The second kappa shape index (κ2) is 3.70. The van der Waals surface area contributed by atoms with E-state index >= 15 is 0 Å². The number of rotatable bonds is 1. The third-order valence-corrected chi connectivity index (χ3v) is 1.33. The van der Waals surface area contributed by atoms with Gasteiger partial charge in [-0.3, -0.25) is 15.1 Å². The lowest BCUT2D eigenvalue weighted by Crippen LogP contribution is -2.27. The molecule has 1 heterocycles. The van der Waals surface area contributed by atoms with Gasteiger partial charge in [0, 0.05) is 20.2 Å². The van der Waals surface area contributed by atoms with Gasteiger partial charge in [-0.2, -0.15) is 0 Å². The molecule has 0 saturated heterocycles. The number of hydrogen-bond donors (Lipinski definition) is 3. The molecule has 0 unspecified atom stereocenters. The second-order valence-corrected chi connectivity index (χ2v) is 2.44. The van der Waals surface area contributed by atoms with Gasteiger partial charge in [-0.25, -0.2) is 9.78 Å². The first-order chi connectivity index (χ1) is 6.11. The van der Waals surface area contributed by atoms with Gasteiger partial charge >= 0.3 is 6.03 Å². The monoisotopic (exact) mass is 184 g/mol. The van der Waals surface area contributed by atoms with Crippen molar-refractivity contribution in [2.75, 3.05) is 12.4 Å². The number of aromatic amines is 1. The largest absolute Gasteiger partial charge is 0.341 e. The van der Waals surface area contributed by atoms with Crippen LogP contribution < -0.4 is 16.2 Å². The van der Waals surface area contributed by atoms with Crippen molar-refractivity contribution in [1.82, 2.24) is 15.3 Å². The van der Waals surface area contributed by atoms with E-state index in [0.29, 0.717) is 5.69 Å². The molecule has 13 heavy (non-hydrogen) atoms. The van der Waals surface area contributed by atoms with Crippen LogP contribution in [-0.4, -0.2) is 23.0 Å². The van der Waals surface area contributed by atoms with E-state index in [0.717, 1.165) is 0 Å². The lowest BCUT2D eigenvalue weighted by molar-refractivity contribution is 0.254. The number of hydrogen-bond acceptors (Lipinski definition) is 3. The van der Waals surface area contributed by atoms with Crippen LogP contribution in [0, 0.1) is 6.92 Å². The average Bonchev–Trinajstić information content (AvgIpc) is 2.02. The van der Waals surface area contributed by atoms with E-state index in [1.54, 1.807) is 6.92 Å². The lowest BCUT2D eigenvalue weighted by Gasteiger charge is -2.02. The molecular weight excluding hydrogens is 172 g/mol. The fraction of sp³-hybridized carbons (Fsp3) is 0.286. The van der Waals surface area contributed by atoms with E-state index in [2.05, 4.69) is 20.6 Å². The lowest BCUT2D eigenvalue weighted by atomic mass is 10.4. The van der Waals surface area contributed by atoms with Gasteiger partial charge in [-0.05, 0) is 6.92 Å². The van der Waals surface area contributed by atoms with E-state index < -0.39 is 6.03 Å². The van der Waals surface area contributed by atoms with E-state index in [1.165, 1.54) is 13.1 Å². The Bertz CT molecular complexity index is 376. The summed E-state index contributed by atoms with van der Waals surface area (Å²) in [5.74, 6) is 0.143. The van der Waals surface area contributed by atoms with Crippen LogP contribution in [0.2, 0.25) is 0 Å². The Morgan fingerprint density at radius 3 is 2.92 bits per heavy atom. The summed E-state index contributed by atoms with van der Waals surface area (Å²) in [7, 11) is 1.48. The smallest absolute Gasteiger partial charge is 0.321 e. The summed E-state index contributed by atoms with van der Waals surface area (Å²) in [4.78, 5) is 28.0. The molecule has 6 nitrogen and oxygen atoms in total. The summed E-state index contributed by atoms with van der Waals surface area (Å²) in [5.41, 5.74) is 0.258. The first kappa shape index (κ1) is 9.24. The topological polar surface area (TPSA) is 86.9 Å². The number of carbonyl (C=O) groups excluding carboxylic acids is 1. The van der Waals surface area contributed by atoms with E-state index in [9.17, 15) is 9.59 Å². The average molecular weight is 184 g/mol. The zero-order chi connectivity index (χ0) is 9.84. The molecule has 6 heteroatoms. The summed E-state index contributed by atoms with van der Waals surface area (Å²) in [6.07, 6.45) is 0. The van der Waals surface area contributed by atoms with Crippen molar-refractivity contribution in [3.05, 3.63) is 22.1 Å². The van der Waals surface area contributed by atoms with Gasteiger partial charge in [0.2, 0.25) is 5.95 Å². The highest BCUT2D eigenvalue weighted by Crippen LogP contribution is 1.94. The quantitative estimate of drug-likeness (QED) is 0.577. The molecule has 1 aromatic heterocycles. The predicted octanol–water partition coefficient (Wildman–Crippen LogP) is 0.0756. The first-order valence-electron chi connectivity index (χ1n) is 3.68. The van der Waals surface area contributed by atoms with Gasteiger partial charge in [0.1, 0.15) is 0 Å². The highest BCUT2D eigenvalue weighted by atomic mass is 16.2. The molecule has 0 aliphatic heterocycles. The minimum absolute atomic E-state index is 0. The number of urea groups is 1. The van der Waals surface area contributed by atoms with Gasteiger partial charge in [0.05, 0.1) is 0 Å². The minimum atomic E-state index is -0.422. The molecule has 2 amide bonds. The highest BCUT2D eigenvalue weighted by molar-refractivity contribution is 5.86. The summed E-state index contributed by atoms with van der Waals surface area (Å²) in [6, 6.07) is 0.920. The number of amides is 2. The molecule has 0 saturated carbocycles. The van der Waals surface area contributed by atoms with Crippen LogP contribution in [0.4, 0.5) is 10.7 Å². The molecular formula is C7H12N4O2. The number of aryl methyl sites for hydroxylation is 1. The Morgan fingerprint density at radius 2 is 2.38 bits per heavy atom. The normalized spacial score (nSPS) is 9.38. The molecule has 0 atom stereocenters. The second-order valence-electron chi connectivity index (χ2n) is 2.44. The van der Waals surface area contributed by atoms with Crippen molar-refractivity contribution in [2.24, 2.45) is 0 Å². The molecule has 0 fully saturated rings. The number of carbonyl (C=O) groups is 1. The van der Waals surface area contributed by atoms with Gasteiger partial charge in [-0.15, -0.1) is 0 Å². The van der Waals surface area contributed by atoms with Crippen molar-refractivity contribution in [3.8, 4) is 0 Å². The summed E-state index contributed by atoms with van der Waals surface area (Å²) < 4.78 is 0. The molecule has 72 valence electrons. The zero-order valence-electron chi connectivity index (χ0n) is 7.34. The Labute approximate surface area is 75.9 Å². The molecule has 0 aromatic carbocycles. The first-order valence-corrected chi connectivity index (χ1v) is 3.68. The highest BCUT2D eigenvalue weighted by Gasteiger charge is 2.00. The van der Waals surface area contributed by atoms with Crippen molar-refractivity contribution in [1.29, 1.82) is 0 Å². The Hall–Kier alpha value is -1.85. The summed E-state index contributed by atoms with van der Waals surface area (Å²) in [6.45, 7) is 1.67. The number of aromatic nitrogens is 2. The fourth-order valence-electron chi connectivity index (χ4n) is 0.808. The number of nitrogens with one attached hydrogen (secondary N) is 3. The van der Waals surface area contributed by atoms with Crippen LogP contribution in [0.15, 0.2) is 10.9 Å². The molecule has 0 radical (unpaired) electrons. The van der Waals surface area contributed by atoms with Crippen molar-refractivity contribution in [2.45, 2.75) is 6.92 Å². The summed E-state index contributed by atoms with van der Waals surface area (Å²) >= 11 is 0. The number of H-pyrrole nitrogens is 1. The van der Waals surface area contributed by atoms with Gasteiger partial charge in [0.25, 0.3) is 5.56 Å². The molecule has 0 aliphatic rings. The Morgan fingerprint density at radius 1 is 1.69 bits per heavy atom. The van der Waals surface area contributed by atoms with E-state index in [1.807, 2.05) is 0 Å².